The first-order chi connectivity index (χ1) is 12.0. The third-order valence-electron chi connectivity index (χ3n) is 4.74. The normalized spacial score (nSPS) is 21.4. The molecule has 1 aliphatic carbocycles. The van der Waals surface area contributed by atoms with Crippen molar-refractivity contribution in [2.24, 2.45) is 5.92 Å². The van der Waals surface area contributed by atoms with E-state index in [9.17, 15) is 14.0 Å². The number of carbonyl (C=O) groups is 2. The van der Waals surface area contributed by atoms with E-state index in [-0.39, 0.29) is 36.1 Å². The van der Waals surface area contributed by atoms with Gasteiger partial charge in [0.2, 0.25) is 5.91 Å². The van der Waals surface area contributed by atoms with Gasteiger partial charge in [-0.15, -0.1) is 0 Å². The fourth-order valence-electron chi connectivity index (χ4n) is 3.15. The minimum Gasteiger partial charge on any atom is -0.482 e. The summed E-state index contributed by atoms with van der Waals surface area (Å²) in [5, 5.41) is 2.89. The van der Waals surface area contributed by atoms with Crippen molar-refractivity contribution in [3.05, 3.63) is 53.8 Å². The van der Waals surface area contributed by atoms with Crippen molar-refractivity contribution in [2.75, 3.05) is 23.9 Å². The lowest BCUT2D eigenvalue weighted by atomic mass is 10.1. The number of benzene rings is 2. The summed E-state index contributed by atoms with van der Waals surface area (Å²) in [4.78, 5) is 25.7. The molecule has 2 amide bonds. The summed E-state index contributed by atoms with van der Waals surface area (Å²) in [6.45, 7) is 0.0244. The summed E-state index contributed by atoms with van der Waals surface area (Å²) in [5.74, 6) is 0.161. The summed E-state index contributed by atoms with van der Waals surface area (Å²) in [6.07, 6.45) is 0.754. The second-order valence-corrected chi connectivity index (χ2v) is 6.41. The van der Waals surface area contributed by atoms with Crippen molar-refractivity contribution in [2.45, 2.75) is 12.3 Å². The first-order valence-electron chi connectivity index (χ1n) is 8.12. The van der Waals surface area contributed by atoms with E-state index in [0.717, 1.165) is 12.0 Å². The smallest absolute Gasteiger partial charge is 0.264 e. The van der Waals surface area contributed by atoms with Gasteiger partial charge in [-0.25, -0.2) is 4.39 Å². The topological polar surface area (TPSA) is 58.6 Å². The van der Waals surface area contributed by atoms with Crippen LogP contribution in [0.25, 0.3) is 0 Å². The van der Waals surface area contributed by atoms with E-state index >= 15 is 0 Å². The molecule has 2 atom stereocenters. The molecule has 0 unspecified atom stereocenters. The molecule has 2 aromatic rings. The number of fused-ring (bicyclic) bond motifs is 1. The van der Waals surface area contributed by atoms with Crippen LogP contribution in [0.4, 0.5) is 15.8 Å². The van der Waals surface area contributed by atoms with E-state index in [2.05, 4.69) is 5.32 Å². The molecule has 1 heterocycles. The third kappa shape index (κ3) is 2.95. The molecule has 0 aromatic heterocycles. The Balaban J connectivity index is 1.45. The number of nitrogens with one attached hydrogen (secondary N) is 1. The van der Waals surface area contributed by atoms with E-state index < -0.39 is 0 Å². The Morgan fingerprint density at radius 1 is 1.24 bits per heavy atom. The van der Waals surface area contributed by atoms with E-state index in [1.807, 2.05) is 0 Å². The molecule has 0 saturated heterocycles. The van der Waals surface area contributed by atoms with Gasteiger partial charge < -0.3 is 15.0 Å². The van der Waals surface area contributed by atoms with Gasteiger partial charge in [-0.2, -0.15) is 0 Å². The number of likely N-dealkylation sites (N-methyl/N-ethyl adjacent to an activating group) is 1. The fraction of sp³-hybridized carbons (Fsp3) is 0.263. The molecule has 25 heavy (non-hydrogen) atoms. The van der Waals surface area contributed by atoms with Crippen LogP contribution in [0.2, 0.25) is 0 Å². The number of hydrogen-bond donors (Lipinski definition) is 1. The Morgan fingerprint density at radius 2 is 2.00 bits per heavy atom. The van der Waals surface area contributed by atoms with Crippen LogP contribution in [0, 0.1) is 11.7 Å². The molecule has 0 spiro atoms. The van der Waals surface area contributed by atoms with Crippen LogP contribution in [-0.2, 0) is 9.59 Å². The molecule has 2 aliphatic rings. The highest BCUT2D eigenvalue weighted by Crippen LogP contribution is 2.48. The predicted octanol–water partition coefficient (Wildman–Crippen LogP) is 2.92. The van der Waals surface area contributed by atoms with Crippen molar-refractivity contribution < 1.29 is 18.7 Å². The van der Waals surface area contributed by atoms with E-state index in [0.29, 0.717) is 17.1 Å². The highest BCUT2D eigenvalue weighted by molar-refractivity contribution is 6.00. The first-order valence-corrected chi connectivity index (χ1v) is 8.12. The Bertz CT molecular complexity index is 850. The second kappa shape index (κ2) is 5.88. The Labute approximate surface area is 144 Å². The summed E-state index contributed by atoms with van der Waals surface area (Å²) in [7, 11) is 1.68. The fourth-order valence-corrected chi connectivity index (χ4v) is 3.15. The summed E-state index contributed by atoms with van der Waals surface area (Å²) in [5.41, 5.74) is 2.24. The van der Waals surface area contributed by atoms with Gasteiger partial charge >= 0.3 is 0 Å². The number of nitrogens with zero attached hydrogens (tertiary/aromatic N) is 1. The maximum atomic E-state index is 13.0. The molecule has 1 aliphatic heterocycles. The number of ether oxygens (including phenoxy) is 1. The molecule has 128 valence electrons. The number of carbonyl (C=O) groups excluding carboxylic acids is 2. The molecule has 1 N–H and O–H groups in total. The van der Waals surface area contributed by atoms with Gasteiger partial charge in [0.25, 0.3) is 5.91 Å². The molecule has 4 rings (SSSR count). The maximum absolute atomic E-state index is 13.0. The van der Waals surface area contributed by atoms with Gasteiger partial charge in [-0.3, -0.25) is 9.59 Å². The van der Waals surface area contributed by atoms with E-state index in [1.165, 1.54) is 17.0 Å². The monoisotopic (exact) mass is 340 g/mol. The zero-order valence-electron chi connectivity index (χ0n) is 13.7. The third-order valence-corrected chi connectivity index (χ3v) is 4.74. The minimum absolute atomic E-state index is 0.0244. The second-order valence-electron chi connectivity index (χ2n) is 6.41. The number of hydrogen-bond acceptors (Lipinski definition) is 3. The van der Waals surface area contributed by atoms with Crippen molar-refractivity contribution in [1.29, 1.82) is 0 Å². The molecule has 6 heteroatoms. The van der Waals surface area contributed by atoms with Crippen LogP contribution in [0.3, 0.4) is 0 Å². The largest absolute Gasteiger partial charge is 0.482 e. The lowest BCUT2D eigenvalue weighted by molar-refractivity contribution is -0.121. The Hall–Kier alpha value is -2.89. The maximum Gasteiger partial charge on any atom is 0.264 e. The predicted molar refractivity (Wildman–Crippen MR) is 91.2 cm³/mol. The number of rotatable bonds is 3. The highest BCUT2D eigenvalue weighted by Gasteiger charge is 2.44. The molecular weight excluding hydrogens is 323 g/mol. The SMILES string of the molecule is CN1C(=O)COc2ccc(NC(=O)[C@H]3C[C@@H]3c3ccc(F)cc3)cc21. The highest BCUT2D eigenvalue weighted by atomic mass is 19.1. The van der Waals surface area contributed by atoms with Crippen molar-refractivity contribution in [3.8, 4) is 5.75 Å². The summed E-state index contributed by atoms with van der Waals surface area (Å²) >= 11 is 0. The standard InChI is InChI=1S/C19H17FN2O3/c1-22-16-8-13(6-7-17(16)25-10-18(22)23)21-19(24)15-9-14(15)11-2-4-12(20)5-3-11/h2-8,14-15H,9-10H2,1H3,(H,21,24)/t14-,15+/m1/s1. The zero-order chi connectivity index (χ0) is 17.6. The quantitative estimate of drug-likeness (QED) is 0.935. The number of amides is 2. The van der Waals surface area contributed by atoms with Gasteiger partial charge in [-0.1, -0.05) is 12.1 Å². The van der Waals surface area contributed by atoms with Crippen LogP contribution < -0.4 is 15.0 Å². The van der Waals surface area contributed by atoms with Gasteiger partial charge in [0, 0.05) is 18.7 Å². The van der Waals surface area contributed by atoms with Crippen LogP contribution in [0.1, 0.15) is 17.9 Å². The van der Waals surface area contributed by atoms with Crippen molar-refractivity contribution in [1.82, 2.24) is 0 Å². The summed E-state index contributed by atoms with van der Waals surface area (Å²) < 4.78 is 18.4. The van der Waals surface area contributed by atoms with E-state index in [1.54, 1.807) is 37.4 Å². The van der Waals surface area contributed by atoms with Crippen LogP contribution in [0.15, 0.2) is 42.5 Å². The van der Waals surface area contributed by atoms with Crippen LogP contribution >= 0.6 is 0 Å². The van der Waals surface area contributed by atoms with Crippen molar-refractivity contribution in [3.63, 3.8) is 0 Å². The lowest BCUT2D eigenvalue weighted by Gasteiger charge is -2.26. The number of anilines is 2. The minimum atomic E-state index is -0.277. The molecule has 0 radical (unpaired) electrons. The van der Waals surface area contributed by atoms with Gasteiger partial charge in [0.1, 0.15) is 11.6 Å². The molecular formula is C19H17FN2O3. The first kappa shape index (κ1) is 15.6. The molecule has 1 saturated carbocycles. The zero-order valence-corrected chi connectivity index (χ0v) is 13.7. The summed E-state index contributed by atoms with van der Waals surface area (Å²) in [6, 6.07) is 11.5. The lowest BCUT2D eigenvalue weighted by Crippen LogP contribution is -2.35. The average molecular weight is 340 g/mol. The Kier molecular flexibility index (Phi) is 3.67. The van der Waals surface area contributed by atoms with Crippen molar-refractivity contribution >= 4 is 23.2 Å². The van der Waals surface area contributed by atoms with Gasteiger partial charge in [0.05, 0.1) is 5.69 Å². The molecule has 0 bridgehead atoms. The molecule has 1 fully saturated rings. The molecule has 5 nitrogen and oxygen atoms in total. The van der Waals surface area contributed by atoms with Crippen LogP contribution in [-0.4, -0.2) is 25.5 Å². The number of halogens is 1. The van der Waals surface area contributed by atoms with Crippen LogP contribution in [0.5, 0.6) is 5.75 Å². The molecule has 2 aromatic carbocycles. The average Bonchev–Trinajstić information content (AvgIpc) is 3.40. The Morgan fingerprint density at radius 3 is 2.76 bits per heavy atom. The van der Waals surface area contributed by atoms with E-state index in [4.69, 9.17) is 4.74 Å². The van der Waals surface area contributed by atoms with Gasteiger partial charge in [0.15, 0.2) is 6.61 Å². The van der Waals surface area contributed by atoms with Gasteiger partial charge in [-0.05, 0) is 48.2 Å².